The molecular weight excluding hydrogens is 188 g/mol. The molecule has 6 heteroatoms. The Morgan fingerprint density at radius 2 is 1.73 bits per heavy atom. The van der Waals surface area contributed by atoms with Crippen LogP contribution in [0.1, 0.15) is 26.2 Å². The predicted octanol–water partition coefficient (Wildman–Crippen LogP) is 0.946. The van der Waals surface area contributed by atoms with Gasteiger partial charge in [-0.25, -0.2) is 8.42 Å². The van der Waals surface area contributed by atoms with Crippen molar-refractivity contribution in [3.63, 3.8) is 0 Å². The van der Waals surface area contributed by atoms with Crippen molar-refractivity contribution in [2.45, 2.75) is 30.8 Å². The van der Waals surface area contributed by atoms with E-state index in [2.05, 4.69) is 0 Å². The monoisotopic (exact) mass is 200 g/mol. The van der Waals surface area contributed by atoms with Gasteiger partial charge < -0.3 is 9.11 Å². The van der Waals surface area contributed by atoms with E-state index in [0.717, 1.165) is 6.42 Å². The van der Waals surface area contributed by atoms with Crippen LogP contribution in [0.4, 0.5) is 0 Å². The average Bonchev–Trinajstić information content (AvgIpc) is 1.87. The number of rotatable bonds is 5. The molecule has 68 valence electrons. The van der Waals surface area contributed by atoms with Crippen LogP contribution in [0.15, 0.2) is 0 Å². The molecule has 0 bridgehead atoms. The summed E-state index contributed by atoms with van der Waals surface area (Å²) in [5.41, 5.74) is 0. The van der Waals surface area contributed by atoms with E-state index in [1.54, 1.807) is 0 Å². The molecule has 2 N–H and O–H groups in total. The molecule has 0 spiro atoms. The molecule has 11 heavy (non-hydrogen) atoms. The van der Waals surface area contributed by atoms with Gasteiger partial charge in [0.2, 0.25) is 0 Å². The van der Waals surface area contributed by atoms with Crippen LogP contribution in [0.3, 0.4) is 0 Å². The molecule has 0 aromatic heterocycles. The standard InChI is InChI=1S/C5H12O4S2/c1-2-3-4-5(10(6)7)11(8)9/h5H,2-4H2,1H3,(H,6,7)(H,8,9). The van der Waals surface area contributed by atoms with Crippen molar-refractivity contribution in [3.05, 3.63) is 0 Å². The lowest BCUT2D eigenvalue weighted by Crippen LogP contribution is -2.19. The molecule has 0 saturated heterocycles. The summed E-state index contributed by atoms with van der Waals surface area (Å²) in [4.78, 5) is 0. The average molecular weight is 200 g/mol. The van der Waals surface area contributed by atoms with Crippen LogP contribution in [0.25, 0.3) is 0 Å². The molecule has 0 fully saturated rings. The van der Waals surface area contributed by atoms with Crippen LogP contribution in [-0.4, -0.2) is 22.1 Å². The summed E-state index contributed by atoms with van der Waals surface area (Å²) < 4.78 is 36.9. The minimum absolute atomic E-state index is 0.322. The van der Waals surface area contributed by atoms with Gasteiger partial charge in [-0.05, 0) is 6.42 Å². The first-order chi connectivity index (χ1) is 5.09. The third-order valence-corrected chi connectivity index (χ3v) is 3.60. The van der Waals surface area contributed by atoms with Crippen LogP contribution in [-0.2, 0) is 22.2 Å². The lowest BCUT2D eigenvalue weighted by molar-refractivity contribution is 0.530. The first-order valence-corrected chi connectivity index (χ1v) is 5.63. The van der Waals surface area contributed by atoms with Gasteiger partial charge in [0, 0.05) is 0 Å². The third kappa shape index (κ3) is 4.62. The largest absolute Gasteiger partial charge is 0.305 e. The molecule has 0 aromatic rings. The molecule has 0 radical (unpaired) electrons. The molecule has 2 unspecified atom stereocenters. The smallest absolute Gasteiger partial charge is 0.171 e. The maximum atomic E-state index is 10.4. The maximum Gasteiger partial charge on any atom is 0.171 e. The normalized spacial score (nSPS) is 19.2. The summed E-state index contributed by atoms with van der Waals surface area (Å²) in [7, 11) is 0. The molecule has 0 amide bonds. The summed E-state index contributed by atoms with van der Waals surface area (Å²) in [6, 6.07) is 0. The number of unbranched alkanes of at least 4 members (excludes halogenated alkanes) is 1. The first kappa shape index (κ1) is 11.2. The van der Waals surface area contributed by atoms with Crippen molar-refractivity contribution in [3.8, 4) is 0 Å². The van der Waals surface area contributed by atoms with E-state index in [1.165, 1.54) is 0 Å². The Labute approximate surface area is 71.0 Å². The zero-order valence-corrected chi connectivity index (χ0v) is 7.86. The quantitative estimate of drug-likeness (QED) is 0.648. The molecule has 0 rings (SSSR count). The van der Waals surface area contributed by atoms with E-state index in [4.69, 9.17) is 9.11 Å². The molecule has 0 heterocycles. The van der Waals surface area contributed by atoms with Crippen molar-refractivity contribution >= 4 is 22.2 Å². The van der Waals surface area contributed by atoms with Crippen molar-refractivity contribution in [2.24, 2.45) is 0 Å². The Bertz CT molecular complexity index is 145. The van der Waals surface area contributed by atoms with Gasteiger partial charge in [-0.1, -0.05) is 19.8 Å². The predicted molar refractivity (Wildman–Crippen MR) is 44.9 cm³/mol. The van der Waals surface area contributed by atoms with Crippen molar-refractivity contribution in [2.75, 3.05) is 0 Å². The Hall–Kier alpha value is 0.220. The molecule has 0 saturated carbocycles. The summed E-state index contributed by atoms with van der Waals surface area (Å²) in [5.74, 6) is 0. The highest BCUT2D eigenvalue weighted by Crippen LogP contribution is 2.08. The van der Waals surface area contributed by atoms with E-state index in [-0.39, 0.29) is 0 Å². The number of hydrogen-bond donors (Lipinski definition) is 2. The molecular formula is C5H12O4S2. The molecule has 0 aliphatic carbocycles. The Balaban J connectivity index is 3.90. The lowest BCUT2D eigenvalue weighted by Gasteiger charge is -2.06. The van der Waals surface area contributed by atoms with Crippen LogP contribution in [0, 0.1) is 0 Å². The van der Waals surface area contributed by atoms with E-state index in [0.29, 0.717) is 12.8 Å². The minimum Gasteiger partial charge on any atom is -0.305 e. The second kappa shape index (κ2) is 5.82. The van der Waals surface area contributed by atoms with Crippen molar-refractivity contribution < 1.29 is 17.5 Å². The maximum absolute atomic E-state index is 10.4. The highest BCUT2D eigenvalue weighted by molar-refractivity contribution is 7.97. The molecule has 4 nitrogen and oxygen atoms in total. The van der Waals surface area contributed by atoms with Gasteiger partial charge in [-0.3, -0.25) is 0 Å². The Kier molecular flexibility index (Phi) is 5.93. The number of hydrogen-bond acceptors (Lipinski definition) is 2. The summed E-state index contributed by atoms with van der Waals surface area (Å²) in [6.07, 6.45) is 1.87. The molecule has 0 aromatic carbocycles. The second-order valence-electron chi connectivity index (χ2n) is 2.12. The van der Waals surface area contributed by atoms with Gasteiger partial charge >= 0.3 is 0 Å². The summed E-state index contributed by atoms with van der Waals surface area (Å²) >= 11 is -4.37. The zero-order chi connectivity index (χ0) is 8.85. The molecule has 0 aliphatic rings. The van der Waals surface area contributed by atoms with Crippen LogP contribution >= 0.6 is 0 Å². The molecule has 2 atom stereocenters. The van der Waals surface area contributed by atoms with Crippen molar-refractivity contribution in [1.82, 2.24) is 0 Å². The van der Waals surface area contributed by atoms with Crippen LogP contribution < -0.4 is 0 Å². The van der Waals surface area contributed by atoms with Crippen LogP contribution in [0.5, 0.6) is 0 Å². The van der Waals surface area contributed by atoms with E-state index >= 15 is 0 Å². The van der Waals surface area contributed by atoms with Gasteiger partial charge in [-0.2, -0.15) is 0 Å². The fraction of sp³-hybridized carbons (Fsp3) is 1.00. The second-order valence-corrected chi connectivity index (χ2v) is 4.67. The third-order valence-electron chi connectivity index (χ3n) is 1.24. The first-order valence-electron chi connectivity index (χ1n) is 3.29. The fourth-order valence-electron chi connectivity index (χ4n) is 0.643. The summed E-state index contributed by atoms with van der Waals surface area (Å²) in [5, 5.41) is 0. The van der Waals surface area contributed by atoms with Crippen molar-refractivity contribution in [1.29, 1.82) is 0 Å². The highest BCUT2D eigenvalue weighted by Gasteiger charge is 2.20. The van der Waals surface area contributed by atoms with Gasteiger partial charge in [0.15, 0.2) is 26.7 Å². The van der Waals surface area contributed by atoms with Gasteiger partial charge in [-0.15, -0.1) is 0 Å². The van der Waals surface area contributed by atoms with Crippen LogP contribution in [0.2, 0.25) is 0 Å². The van der Waals surface area contributed by atoms with Gasteiger partial charge in [0.1, 0.15) is 0 Å². The van der Waals surface area contributed by atoms with E-state index in [1.807, 2.05) is 6.92 Å². The van der Waals surface area contributed by atoms with Gasteiger partial charge in [0.05, 0.1) is 0 Å². The summed E-state index contributed by atoms with van der Waals surface area (Å²) in [6.45, 7) is 1.91. The SMILES string of the molecule is CCCCC(S(=O)O)S(=O)O. The minimum atomic E-state index is -2.19. The highest BCUT2D eigenvalue weighted by atomic mass is 32.3. The fourth-order valence-corrected chi connectivity index (χ4v) is 1.94. The zero-order valence-electron chi connectivity index (χ0n) is 6.23. The lowest BCUT2D eigenvalue weighted by atomic mass is 10.3. The Morgan fingerprint density at radius 1 is 1.27 bits per heavy atom. The Morgan fingerprint density at radius 3 is 2.00 bits per heavy atom. The molecule has 0 aliphatic heterocycles. The van der Waals surface area contributed by atoms with Gasteiger partial charge in [0.25, 0.3) is 0 Å². The topological polar surface area (TPSA) is 74.6 Å². The van der Waals surface area contributed by atoms with E-state index < -0.39 is 26.7 Å². The van der Waals surface area contributed by atoms with E-state index in [9.17, 15) is 8.42 Å².